The highest BCUT2D eigenvalue weighted by molar-refractivity contribution is 6.35. The van der Waals surface area contributed by atoms with E-state index in [9.17, 15) is 5.11 Å². The number of morpholine rings is 1. The molecule has 1 fully saturated rings. The predicted molar refractivity (Wildman–Crippen MR) is 163 cm³/mol. The van der Waals surface area contributed by atoms with Crippen LogP contribution in [-0.2, 0) is 11.3 Å². The zero-order valence-corrected chi connectivity index (χ0v) is 25.3. The first kappa shape index (κ1) is 31.6. The van der Waals surface area contributed by atoms with Gasteiger partial charge in [-0.25, -0.2) is 0 Å². The van der Waals surface area contributed by atoms with Crippen LogP contribution in [0.3, 0.4) is 0 Å². The lowest BCUT2D eigenvalue weighted by molar-refractivity contribution is 0.0336. The number of aromatic nitrogens is 4. The minimum atomic E-state index is -0.410. The number of aromatic amines is 1. The fourth-order valence-corrected chi connectivity index (χ4v) is 4.84. The van der Waals surface area contributed by atoms with Gasteiger partial charge in [0.05, 0.1) is 34.5 Å². The molecule has 1 aliphatic rings. The summed E-state index contributed by atoms with van der Waals surface area (Å²) in [5.74, 6) is 0.609. The van der Waals surface area contributed by atoms with Gasteiger partial charge in [-0.05, 0) is 42.8 Å². The fourth-order valence-electron chi connectivity index (χ4n) is 4.16. The Labute approximate surface area is 249 Å². The molecule has 2 N–H and O–H groups in total. The molecule has 4 aromatic rings. The quantitative estimate of drug-likeness (QED) is 0.165. The molecule has 4 heterocycles. The van der Waals surface area contributed by atoms with E-state index < -0.39 is 6.10 Å². The Bertz CT molecular complexity index is 1370. The monoisotopic (exact) mass is 605 g/mol. The van der Waals surface area contributed by atoms with Gasteiger partial charge in [0.2, 0.25) is 0 Å². The maximum atomic E-state index is 10.9. The molecular formula is C29H34Cl3N5O3. The Morgan fingerprint density at radius 1 is 1.10 bits per heavy atom. The molecule has 1 atom stereocenters. The lowest BCUT2D eigenvalue weighted by Crippen LogP contribution is -2.35. The zero-order valence-electron chi connectivity index (χ0n) is 23.0. The largest absolute Gasteiger partial charge is 0.506 e. The van der Waals surface area contributed by atoms with E-state index in [1.165, 1.54) is 18.8 Å². The summed E-state index contributed by atoms with van der Waals surface area (Å²) < 4.78 is 11.5. The van der Waals surface area contributed by atoms with E-state index in [2.05, 4.69) is 36.7 Å². The minimum absolute atomic E-state index is 0.0226. The van der Waals surface area contributed by atoms with Gasteiger partial charge in [-0.15, -0.1) is 11.6 Å². The number of aliphatic hydroxyl groups excluding tert-OH is 1. The van der Waals surface area contributed by atoms with Gasteiger partial charge < -0.3 is 14.6 Å². The average Bonchev–Trinajstić information content (AvgIpc) is 3.40. The van der Waals surface area contributed by atoms with Crippen LogP contribution in [0.25, 0.3) is 22.7 Å². The highest BCUT2D eigenvalue weighted by atomic mass is 35.5. The van der Waals surface area contributed by atoms with E-state index in [1.54, 1.807) is 12.3 Å². The Hall–Kier alpha value is -2.88. The number of pyridine rings is 2. The maximum absolute atomic E-state index is 10.9. The molecule has 0 amide bonds. The van der Waals surface area contributed by atoms with Gasteiger partial charge in [-0.2, -0.15) is 5.10 Å². The molecule has 5 rings (SSSR count). The van der Waals surface area contributed by atoms with Crippen molar-refractivity contribution in [1.29, 1.82) is 0 Å². The first-order valence-corrected chi connectivity index (χ1v) is 14.5. The van der Waals surface area contributed by atoms with Crippen LogP contribution >= 0.6 is 34.8 Å². The number of nitrogens with zero attached hydrogens (tertiary/aromatic N) is 4. The standard InChI is InChI=1S/C26H25Cl2N5O3.C2H6.CH3Cl/c1-16(25-21(27)13-29-14-22(25)28)36-19-4-5-23-20(11-19)26(32-31-23)24(34)10-17-2-3-18(30-12-17)15-33-6-8-35-9-7-33;2*1-2/h2-5,10-14,16,34H,6-9,15H2,1H3,(H,31,32);1-2H3;1H3/b24-10-;;. The van der Waals surface area contributed by atoms with Crippen molar-refractivity contribution >= 4 is 57.5 Å². The fraction of sp³-hybridized carbons (Fsp3) is 0.345. The summed E-state index contributed by atoms with van der Waals surface area (Å²) in [6.07, 6.45) is 7.53. The summed E-state index contributed by atoms with van der Waals surface area (Å²) in [5.41, 5.74) is 3.60. The zero-order chi connectivity index (χ0) is 29.1. The van der Waals surface area contributed by atoms with E-state index in [0.29, 0.717) is 27.1 Å². The second kappa shape index (κ2) is 15.8. The van der Waals surface area contributed by atoms with Crippen molar-refractivity contribution in [3.63, 3.8) is 0 Å². The van der Waals surface area contributed by atoms with Crippen molar-refractivity contribution in [2.24, 2.45) is 0 Å². The van der Waals surface area contributed by atoms with Crippen LogP contribution in [-0.4, -0.2) is 62.9 Å². The smallest absolute Gasteiger partial charge is 0.144 e. The number of alkyl halides is 1. The molecule has 0 radical (unpaired) electrons. The lowest BCUT2D eigenvalue weighted by atomic mass is 10.1. The van der Waals surface area contributed by atoms with E-state index in [0.717, 1.165) is 55.0 Å². The lowest BCUT2D eigenvalue weighted by Gasteiger charge is -2.26. The molecule has 1 saturated heterocycles. The summed E-state index contributed by atoms with van der Waals surface area (Å²) in [7, 11) is 0. The van der Waals surface area contributed by atoms with Gasteiger partial charge in [0.25, 0.3) is 0 Å². The van der Waals surface area contributed by atoms with Crippen LogP contribution in [0.4, 0.5) is 0 Å². The number of halogens is 3. The third-order valence-corrected chi connectivity index (χ3v) is 6.63. The first-order chi connectivity index (χ1) is 19.5. The number of aliphatic hydroxyl groups is 1. The van der Waals surface area contributed by atoms with Crippen molar-refractivity contribution in [3.05, 3.63) is 81.5 Å². The van der Waals surface area contributed by atoms with Gasteiger partial charge in [-0.1, -0.05) is 43.1 Å². The highest BCUT2D eigenvalue weighted by Gasteiger charge is 2.18. The van der Waals surface area contributed by atoms with Crippen molar-refractivity contribution in [2.45, 2.75) is 33.4 Å². The first-order valence-electron chi connectivity index (χ1n) is 13.0. The van der Waals surface area contributed by atoms with E-state index in [-0.39, 0.29) is 5.76 Å². The number of fused-ring (bicyclic) bond motifs is 1. The Balaban J connectivity index is 0.00000106. The van der Waals surface area contributed by atoms with E-state index in [1.807, 2.05) is 51.1 Å². The third-order valence-electron chi connectivity index (χ3n) is 6.03. The molecule has 0 aliphatic carbocycles. The Morgan fingerprint density at radius 3 is 2.45 bits per heavy atom. The summed E-state index contributed by atoms with van der Waals surface area (Å²) in [5, 5.41) is 19.7. The molecule has 3 aromatic heterocycles. The van der Waals surface area contributed by atoms with Crippen LogP contribution in [0.15, 0.2) is 48.9 Å². The Kier molecular flexibility index (Phi) is 12.5. The van der Waals surface area contributed by atoms with Crippen LogP contribution < -0.4 is 4.74 Å². The van der Waals surface area contributed by atoms with Gasteiger partial charge in [-0.3, -0.25) is 20.0 Å². The van der Waals surface area contributed by atoms with E-state index >= 15 is 0 Å². The minimum Gasteiger partial charge on any atom is -0.506 e. The molecule has 8 nitrogen and oxygen atoms in total. The van der Waals surface area contributed by atoms with Crippen molar-refractivity contribution in [2.75, 3.05) is 32.7 Å². The molecule has 0 spiro atoms. The van der Waals surface area contributed by atoms with E-state index in [4.69, 9.17) is 32.7 Å². The molecule has 1 aromatic carbocycles. The summed E-state index contributed by atoms with van der Waals surface area (Å²) in [6, 6.07) is 9.40. The summed E-state index contributed by atoms with van der Waals surface area (Å²) >= 11 is 17.2. The second-order valence-corrected chi connectivity index (χ2v) is 9.37. The molecule has 0 bridgehead atoms. The van der Waals surface area contributed by atoms with Crippen LogP contribution in [0.5, 0.6) is 5.75 Å². The van der Waals surface area contributed by atoms with Crippen molar-refractivity contribution in [3.8, 4) is 5.75 Å². The van der Waals surface area contributed by atoms with Gasteiger partial charge >= 0.3 is 0 Å². The number of hydrogen-bond donors (Lipinski definition) is 2. The highest BCUT2D eigenvalue weighted by Crippen LogP contribution is 2.34. The normalized spacial score (nSPS) is 14.5. The SMILES string of the molecule is CC.CC(Oc1ccc2[nH]nc(/C(O)=C/c3ccc(CN4CCOCC4)nc3)c2c1)c1c(Cl)cncc1Cl.CCl. The number of H-pyrrole nitrogens is 1. The van der Waals surface area contributed by atoms with Crippen LogP contribution in [0, 0.1) is 0 Å². The predicted octanol–water partition coefficient (Wildman–Crippen LogP) is 7.57. The molecule has 214 valence electrons. The van der Waals surface area contributed by atoms with Crippen LogP contribution in [0.2, 0.25) is 10.0 Å². The molecule has 0 saturated carbocycles. The number of benzene rings is 1. The van der Waals surface area contributed by atoms with Crippen LogP contribution in [0.1, 0.15) is 49.4 Å². The van der Waals surface area contributed by atoms with Gasteiger partial charge in [0.1, 0.15) is 23.3 Å². The van der Waals surface area contributed by atoms with Gasteiger partial charge in [0.15, 0.2) is 0 Å². The third kappa shape index (κ3) is 8.08. The average molecular weight is 607 g/mol. The maximum Gasteiger partial charge on any atom is 0.144 e. The number of nitrogens with one attached hydrogen (secondary N) is 1. The van der Waals surface area contributed by atoms with Crippen molar-refractivity contribution < 1.29 is 14.6 Å². The second-order valence-electron chi connectivity index (χ2n) is 8.56. The number of hydrogen-bond acceptors (Lipinski definition) is 7. The van der Waals surface area contributed by atoms with Gasteiger partial charge in [0, 0.05) is 55.6 Å². The van der Waals surface area contributed by atoms with Crippen molar-refractivity contribution in [1.82, 2.24) is 25.1 Å². The molecule has 40 heavy (non-hydrogen) atoms. The molecular weight excluding hydrogens is 573 g/mol. The molecule has 1 aliphatic heterocycles. The summed E-state index contributed by atoms with van der Waals surface area (Å²) in [6.45, 7) is 9.96. The Morgan fingerprint density at radius 2 is 1.80 bits per heavy atom. The summed E-state index contributed by atoms with van der Waals surface area (Å²) in [4.78, 5) is 10.8. The molecule has 11 heteroatoms. The number of ether oxygens (including phenoxy) is 2. The topological polar surface area (TPSA) is 96.4 Å². The number of rotatable bonds is 7. The molecule has 1 unspecified atom stereocenters.